The van der Waals surface area contributed by atoms with Crippen molar-refractivity contribution < 1.29 is 4.74 Å². The van der Waals surface area contributed by atoms with Crippen molar-refractivity contribution in [3.05, 3.63) is 29.8 Å². The number of aryl methyl sites for hydroxylation is 1. The Balaban J connectivity index is 1.78. The molecule has 0 spiro atoms. The zero-order valence-corrected chi connectivity index (χ0v) is 9.33. The second kappa shape index (κ2) is 4.23. The maximum atomic E-state index is 5.72. The van der Waals surface area contributed by atoms with Crippen molar-refractivity contribution in [2.24, 2.45) is 11.1 Å². The summed E-state index contributed by atoms with van der Waals surface area (Å²) in [5.41, 5.74) is 7.38. The molecule has 1 aromatic rings. The lowest BCUT2D eigenvalue weighted by Crippen LogP contribution is -2.18. The highest BCUT2D eigenvalue weighted by Gasteiger charge is 2.40. The highest BCUT2D eigenvalue weighted by Crippen LogP contribution is 2.47. The zero-order chi connectivity index (χ0) is 10.7. The minimum Gasteiger partial charge on any atom is -0.494 e. The molecule has 2 rings (SSSR count). The number of hydrogen-bond donors (Lipinski definition) is 1. The van der Waals surface area contributed by atoms with Crippen molar-refractivity contribution in [1.29, 1.82) is 0 Å². The van der Waals surface area contributed by atoms with Crippen LogP contribution in [-0.4, -0.2) is 13.2 Å². The maximum absolute atomic E-state index is 5.72. The minimum absolute atomic E-state index is 0.420. The van der Waals surface area contributed by atoms with Crippen molar-refractivity contribution in [3.8, 4) is 5.75 Å². The summed E-state index contributed by atoms with van der Waals surface area (Å²) in [6.07, 6.45) is 3.65. The van der Waals surface area contributed by atoms with Gasteiger partial charge in [-0.15, -0.1) is 0 Å². The molecule has 1 fully saturated rings. The van der Waals surface area contributed by atoms with Crippen LogP contribution in [-0.2, 0) is 0 Å². The number of rotatable bonds is 5. The molecular weight excluding hydrogens is 186 g/mol. The third kappa shape index (κ3) is 2.72. The van der Waals surface area contributed by atoms with Gasteiger partial charge in [0.15, 0.2) is 0 Å². The Kier molecular flexibility index (Phi) is 2.96. The fraction of sp³-hybridized carbons (Fsp3) is 0.538. The van der Waals surface area contributed by atoms with E-state index in [9.17, 15) is 0 Å². The molecule has 2 N–H and O–H groups in total. The Morgan fingerprint density at radius 3 is 2.80 bits per heavy atom. The molecule has 0 radical (unpaired) electrons. The molecule has 0 aromatic heterocycles. The van der Waals surface area contributed by atoms with Crippen molar-refractivity contribution in [1.82, 2.24) is 0 Å². The minimum atomic E-state index is 0.420. The molecular formula is C13H19NO. The average Bonchev–Trinajstić information content (AvgIpc) is 2.99. The third-order valence-corrected chi connectivity index (χ3v) is 3.28. The Bertz CT molecular complexity index is 331. The van der Waals surface area contributed by atoms with Crippen molar-refractivity contribution in [2.75, 3.05) is 13.2 Å². The Morgan fingerprint density at radius 2 is 2.20 bits per heavy atom. The fourth-order valence-electron chi connectivity index (χ4n) is 1.82. The van der Waals surface area contributed by atoms with E-state index in [1.807, 2.05) is 12.1 Å². The van der Waals surface area contributed by atoms with E-state index in [1.54, 1.807) is 0 Å². The van der Waals surface area contributed by atoms with E-state index in [2.05, 4.69) is 19.1 Å². The summed E-state index contributed by atoms with van der Waals surface area (Å²) in [5.74, 6) is 0.975. The Hall–Kier alpha value is -1.02. The van der Waals surface area contributed by atoms with Crippen LogP contribution < -0.4 is 10.5 Å². The van der Waals surface area contributed by atoms with Gasteiger partial charge in [0, 0.05) is 0 Å². The second-order valence-corrected chi connectivity index (χ2v) is 4.62. The molecule has 0 heterocycles. The van der Waals surface area contributed by atoms with Crippen LogP contribution in [0.25, 0.3) is 0 Å². The molecule has 2 nitrogen and oxygen atoms in total. The molecule has 0 bridgehead atoms. The van der Waals surface area contributed by atoms with Gasteiger partial charge < -0.3 is 10.5 Å². The lowest BCUT2D eigenvalue weighted by Gasteiger charge is -2.12. The molecule has 1 aliphatic carbocycles. The molecule has 1 aromatic carbocycles. The van der Waals surface area contributed by atoms with E-state index >= 15 is 0 Å². The standard InChI is InChI=1S/C13H19NO/c1-11-3-2-4-12(9-11)15-8-7-13(10-14)5-6-13/h2-4,9H,5-8,10,14H2,1H3. The summed E-state index contributed by atoms with van der Waals surface area (Å²) in [5, 5.41) is 0. The summed E-state index contributed by atoms with van der Waals surface area (Å²) >= 11 is 0. The van der Waals surface area contributed by atoms with Gasteiger partial charge in [0.05, 0.1) is 6.61 Å². The van der Waals surface area contributed by atoms with Gasteiger partial charge in [-0.05, 0) is 55.8 Å². The molecule has 0 unspecified atom stereocenters. The van der Waals surface area contributed by atoms with E-state index in [4.69, 9.17) is 10.5 Å². The van der Waals surface area contributed by atoms with Crippen molar-refractivity contribution >= 4 is 0 Å². The third-order valence-electron chi connectivity index (χ3n) is 3.28. The lowest BCUT2D eigenvalue weighted by atomic mass is 10.0. The van der Waals surface area contributed by atoms with Crippen molar-refractivity contribution in [3.63, 3.8) is 0 Å². The average molecular weight is 205 g/mol. The zero-order valence-electron chi connectivity index (χ0n) is 9.33. The normalized spacial score (nSPS) is 17.5. The Labute approximate surface area is 91.4 Å². The first-order valence-electron chi connectivity index (χ1n) is 5.64. The summed E-state index contributed by atoms with van der Waals surface area (Å²) in [6, 6.07) is 8.19. The molecule has 1 saturated carbocycles. The van der Waals surface area contributed by atoms with Gasteiger partial charge in [-0.1, -0.05) is 12.1 Å². The van der Waals surface area contributed by atoms with Gasteiger partial charge in [-0.25, -0.2) is 0 Å². The first kappa shape index (κ1) is 10.5. The van der Waals surface area contributed by atoms with Gasteiger partial charge in [0.2, 0.25) is 0 Å². The first-order valence-corrected chi connectivity index (χ1v) is 5.64. The fourth-order valence-corrected chi connectivity index (χ4v) is 1.82. The predicted molar refractivity (Wildman–Crippen MR) is 62.0 cm³/mol. The highest BCUT2D eigenvalue weighted by molar-refractivity contribution is 5.27. The van der Waals surface area contributed by atoms with Crippen LogP contribution in [0.5, 0.6) is 5.75 Å². The quantitative estimate of drug-likeness (QED) is 0.801. The van der Waals surface area contributed by atoms with E-state index in [-0.39, 0.29) is 0 Å². The van der Waals surface area contributed by atoms with E-state index < -0.39 is 0 Å². The summed E-state index contributed by atoms with van der Waals surface area (Å²) in [6.45, 7) is 3.68. The maximum Gasteiger partial charge on any atom is 0.119 e. The molecule has 0 atom stereocenters. The van der Waals surface area contributed by atoms with Gasteiger partial charge in [-0.2, -0.15) is 0 Å². The van der Waals surface area contributed by atoms with Crippen molar-refractivity contribution in [2.45, 2.75) is 26.2 Å². The lowest BCUT2D eigenvalue weighted by molar-refractivity contribution is 0.271. The second-order valence-electron chi connectivity index (χ2n) is 4.62. The number of hydrogen-bond acceptors (Lipinski definition) is 2. The summed E-state index contributed by atoms with van der Waals surface area (Å²) in [4.78, 5) is 0. The van der Waals surface area contributed by atoms with Gasteiger partial charge in [-0.3, -0.25) is 0 Å². The van der Waals surface area contributed by atoms with Gasteiger partial charge >= 0.3 is 0 Å². The SMILES string of the molecule is Cc1cccc(OCCC2(CN)CC2)c1. The molecule has 0 saturated heterocycles. The molecule has 82 valence electrons. The van der Waals surface area contributed by atoms with E-state index in [1.165, 1.54) is 18.4 Å². The van der Waals surface area contributed by atoms with Crippen LogP contribution in [0.4, 0.5) is 0 Å². The number of nitrogens with two attached hydrogens (primary N) is 1. The monoisotopic (exact) mass is 205 g/mol. The largest absolute Gasteiger partial charge is 0.494 e. The number of ether oxygens (including phenoxy) is 1. The Morgan fingerprint density at radius 1 is 1.40 bits per heavy atom. The summed E-state index contributed by atoms with van der Waals surface area (Å²) < 4.78 is 5.71. The molecule has 2 heteroatoms. The van der Waals surface area contributed by atoms with Gasteiger partial charge in [0.1, 0.15) is 5.75 Å². The van der Waals surface area contributed by atoms with Crippen LogP contribution >= 0.6 is 0 Å². The smallest absolute Gasteiger partial charge is 0.119 e. The van der Waals surface area contributed by atoms with Gasteiger partial charge in [0.25, 0.3) is 0 Å². The molecule has 0 aliphatic heterocycles. The van der Waals surface area contributed by atoms with Crippen LogP contribution in [0.2, 0.25) is 0 Å². The molecule has 0 amide bonds. The van der Waals surface area contributed by atoms with E-state index in [0.29, 0.717) is 5.41 Å². The van der Waals surface area contributed by atoms with Crippen LogP contribution in [0, 0.1) is 12.3 Å². The van der Waals surface area contributed by atoms with Crippen LogP contribution in [0.1, 0.15) is 24.8 Å². The predicted octanol–water partition coefficient (Wildman–Crippen LogP) is 2.50. The first-order chi connectivity index (χ1) is 7.24. The molecule has 15 heavy (non-hydrogen) atoms. The van der Waals surface area contributed by atoms with Crippen LogP contribution in [0.3, 0.4) is 0 Å². The van der Waals surface area contributed by atoms with E-state index in [0.717, 1.165) is 25.3 Å². The molecule has 1 aliphatic rings. The number of benzene rings is 1. The topological polar surface area (TPSA) is 35.2 Å². The highest BCUT2D eigenvalue weighted by atomic mass is 16.5. The van der Waals surface area contributed by atoms with Crippen LogP contribution in [0.15, 0.2) is 24.3 Å². The summed E-state index contributed by atoms with van der Waals surface area (Å²) in [7, 11) is 0.